The third-order valence-electron chi connectivity index (χ3n) is 3.98. The van der Waals surface area contributed by atoms with E-state index in [0.717, 1.165) is 19.2 Å². The SMILES string of the molecule is CC1(C)OCC(CNC2CCN(C3CC3)C2)O1. The highest BCUT2D eigenvalue weighted by Crippen LogP contribution is 2.30. The first-order valence-electron chi connectivity index (χ1n) is 6.91. The van der Waals surface area contributed by atoms with Crippen molar-refractivity contribution in [2.24, 2.45) is 0 Å². The van der Waals surface area contributed by atoms with E-state index in [1.54, 1.807) is 0 Å². The van der Waals surface area contributed by atoms with Crippen LogP contribution in [-0.4, -0.2) is 55.1 Å². The summed E-state index contributed by atoms with van der Waals surface area (Å²) in [5.41, 5.74) is 0. The molecule has 4 nitrogen and oxygen atoms in total. The van der Waals surface area contributed by atoms with Gasteiger partial charge in [0.1, 0.15) is 0 Å². The van der Waals surface area contributed by atoms with Crippen LogP contribution in [0, 0.1) is 0 Å². The van der Waals surface area contributed by atoms with Gasteiger partial charge < -0.3 is 14.8 Å². The van der Waals surface area contributed by atoms with E-state index in [1.165, 1.54) is 32.4 Å². The van der Waals surface area contributed by atoms with Gasteiger partial charge in [0.2, 0.25) is 0 Å². The Morgan fingerprint density at radius 1 is 1.29 bits per heavy atom. The summed E-state index contributed by atoms with van der Waals surface area (Å²) in [6, 6.07) is 1.56. The Hall–Kier alpha value is -0.160. The van der Waals surface area contributed by atoms with Crippen molar-refractivity contribution in [3.05, 3.63) is 0 Å². The van der Waals surface area contributed by atoms with Gasteiger partial charge >= 0.3 is 0 Å². The molecule has 2 aliphatic heterocycles. The Bertz CT molecular complexity index is 279. The second-order valence-electron chi connectivity index (χ2n) is 6.07. The molecule has 0 aromatic carbocycles. The van der Waals surface area contributed by atoms with Gasteiger partial charge in [0.25, 0.3) is 0 Å². The zero-order chi connectivity index (χ0) is 11.9. The van der Waals surface area contributed by atoms with Crippen LogP contribution in [-0.2, 0) is 9.47 Å². The fourth-order valence-electron chi connectivity index (χ4n) is 2.89. The van der Waals surface area contributed by atoms with Gasteiger partial charge in [0, 0.05) is 31.7 Å². The summed E-state index contributed by atoms with van der Waals surface area (Å²) in [5.74, 6) is -0.387. The van der Waals surface area contributed by atoms with Crippen molar-refractivity contribution in [2.75, 3.05) is 26.2 Å². The molecule has 3 rings (SSSR count). The van der Waals surface area contributed by atoms with Gasteiger partial charge in [-0.15, -0.1) is 0 Å². The summed E-state index contributed by atoms with van der Waals surface area (Å²) in [5, 5.41) is 3.63. The first kappa shape index (κ1) is 11.9. The van der Waals surface area contributed by atoms with E-state index < -0.39 is 0 Å². The highest BCUT2D eigenvalue weighted by molar-refractivity contribution is 4.92. The third-order valence-corrected chi connectivity index (χ3v) is 3.98. The first-order valence-corrected chi connectivity index (χ1v) is 6.91. The quantitative estimate of drug-likeness (QED) is 0.794. The normalized spacial score (nSPS) is 37.8. The van der Waals surface area contributed by atoms with Crippen LogP contribution in [0.3, 0.4) is 0 Å². The fourth-order valence-corrected chi connectivity index (χ4v) is 2.89. The van der Waals surface area contributed by atoms with Crippen molar-refractivity contribution in [2.45, 2.75) is 57.1 Å². The van der Waals surface area contributed by atoms with Gasteiger partial charge in [-0.1, -0.05) is 0 Å². The zero-order valence-corrected chi connectivity index (χ0v) is 10.9. The van der Waals surface area contributed by atoms with Gasteiger partial charge in [-0.25, -0.2) is 0 Å². The maximum Gasteiger partial charge on any atom is 0.163 e. The molecule has 2 atom stereocenters. The van der Waals surface area contributed by atoms with E-state index in [0.29, 0.717) is 6.04 Å². The Morgan fingerprint density at radius 3 is 2.76 bits per heavy atom. The number of ether oxygens (including phenoxy) is 2. The first-order chi connectivity index (χ1) is 8.12. The molecule has 17 heavy (non-hydrogen) atoms. The summed E-state index contributed by atoms with van der Waals surface area (Å²) in [7, 11) is 0. The maximum absolute atomic E-state index is 5.80. The highest BCUT2D eigenvalue weighted by atomic mass is 16.7. The molecular formula is C13H24N2O2. The van der Waals surface area contributed by atoms with Crippen LogP contribution in [0.4, 0.5) is 0 Å². The molecule has 2 unspecified atom stereocenters. The molecule has 1 aliphatic carbocycles. The molecule has 1 N–H and O–H groups in total. The van der Waals surface area contributed by atoms with Gasteiger partial charge in [-0.3, -0.25) is 4.90 Å². The Morgan fingerprint density at radius 2 is 2.12 bits per heavy atom. The summed E-state index contributed by atoms with van der Waals surface area (Å²) in [6.45, 7) is 8.11. The van der Waals surface area contributed by atoms with Crippen LogP contribution in [0.15, 0.2) is 0 Å². The number of hydrogen-bond donors (Lipinski definition) is 1. The van der Waals surface area contributed by atoms with Gasteiger partial charge in [-0.05, 0) is 33.1 Å². The molecule has 0 aromatic heterocycles. The minimum Gasteiger partial charge on any atom is -0.348 e. The minimum atomic E-state index is -0.387. The largest absolute Gasteiger partial charge is 0.348 e. The number of likely N-dealkylation sites (tertiary alicyclic amines) is 1. The molecule has 2 saturated heterocycles. The highest BCUT2D eigenvalue weighted by Gasteiger charge is 2.36. The van der Waals surface area contributed by atoms with Crippen LogP contribution in [0.5, 0.6) is 0 Å². The predicted molar refractivity (Wildman–Crippen MR) is 65.9 cm³/mol. The van der Waals surface area contributed by atoms with Crippen molar-refractivity contribution in [3.63, 3.8) is 0 Å². The van der Waals surface area contributed by atoms with Crippen molar-refractivity contribution in [3.8, 4) is 0 Å². The predicted octanol–water partition coefficient (Wildman–Crippen LogP) is 0.964. The standard InChI is InChI=1S/C13H24N2O2/c1-13(2)16-9-12(17-13)7-14-10-5-6-15(8-10)11-3-4-11/h10-12,14H,3-9H2,1-2H3. The van der Waals surface area contributed by atoms with Crippen molar-refractivity contribution in [1.82, 2.24) is 10.2 Å². The molecular weight excluding hydrogens is 216 g/mol. The summed E-state index contributed by atoms with van der Waals surface area (Å²) >= 11 is 0. The molecule has 3 fully saturated rings. The lowest BCUT2D eigenvalue weighted by molar-refractivity contribution is -0.137. The molecule has 0 radical (unpaired) electrons. The van der Waals surface area contributed by atoms with Crippen molar-refractivity contribution >= 4 is 0 Å². The average molecular weight is 240 g/mol. The molecule has 3 aliphatic rings. The van der Waals surface area contributed by atoms with Gasteiger partial charge in [0.05, 0.1) is 12.7 Å². The number of nitrogens with one attached hydrogen (secondary N) is 1. The lowest BCUT2D eigenvalue weighted by Gasteiger charge is -2.19. The lowest BCUT2D eigenvalue weighted by atomic mass is 10.2. The molecule has 4 heteroatoms. The average Bonchev–Trinajstić information content (AvgIpc) is 2.92. The summed E-state index contributed by atoms with van der Waals surface area (Å²) in [6.07, 6.45) is 4.34. The topological polar surface area (TPSA) is 33.7 Å². The van der Waals surface area contributed by atoms with Crippen LogP contribution in [0.2, 0.25) is 0 Å². The number of rotatable bonds is 4. The smallest absolute Gasteiger partial charge is 0.163 e. The Labute approximate surface area is 104 Å². The Kier molecular flexibility index (Phi) is 3.15. The number of hydrogen-bond acceptors (Lipinski definition) is 4. The molecule has 0 spiro atoms. The van der Waals surface area contributed by atoms with E-state index in [9.17, 15) is 0 Å². The van der Waals surface area contributed by atoms with E-state index in [-0.39, 0.29) is 11.9 Å². The van der Waals surface area contributed by atoms with E-state index in [4.69, 9.17) is 9.47 Å². The molecule has 2 heterocycles. The molecule has 0 amide bonds. The third kappa shape index (κ3) is 2.99. The monoisotopic (exact) mass is 240 g/mol. The molecule has 98 valence electrons. The summed E-state index contributed by atoms with van der Waals surface area (Å²) in [4.78, 5) is 2.63. The van der Waals surface area contributed by atoms with E-state index >= 15 is 0 Å². The Balaban J connectivity index is 1.37. The van der Waals surface area contributed by atoms with Crippen LogP contribution >= 0.6 is 0 Å². The molecule has 1 saturated carbocycles. The van der Waals surface area contributed by atoms with Crippen LogP contribution in [0.1, 0.15) is 33.1 Å². The van der Waals surface area contributed by atoms with Crippen molar-refractivity contribution < 1.29 is 9.47 Å². The van der Waals surface area contributed by atoms with Crippen molar-refractivity contribution in [1.29, 1.82) is 0 Å². The van der Waals surface area contributed by atoms with Crippen LogP contribution < -0.4 is 5.32 Å². The second kappa shape index (κ2) is 4.50. The van der Waals surface area contributed by atoms with E-state index in [1.807, 2.05) is 13.8 Å². The maximum atomic E-state index is 5.80. The second-order valence-corrected chi connectivity index (χ2v) is 6.07. The zero-order valence-electron chi connectivity index (χ0n) is 10.9. The number of nitrogens with zero attached hydrogens (tertiary/aromatic N) is 1. The lowest BCUT2D eigenvalue weighted by Crippen LogP contribution is -2.39. The fraction of sp³-hybridized carbons (Fsp3) is 1.00. The molecule has 0 bridgehead atoms. The van der Waals surface area contributed by atoms with Gasteiger partial charge in [0.15, 0.2) is 5.79 Å². The van der Waals surface area contributed by atoms with E-state index in [2.05, 4.69) is 10.2 Å². The van der Waals surface area contributed by atoms with Crippen LogP contribution in [0.25, 0.3) is 0 Å². The van der Waals surface area contributed by atoms with Gasteiger partial charge in [-0.2, -0.15) is 0 Å². The minimum absolute atomic E-state index is 0.222. The molecule has 0 aromatic rings. The summed E-state index contributed by atoms with van der Waals surface area (Å²) < 4.78 is 11.4.